The third-order valence-corrected chi connectivity index (χ3v) is 5.40. The van der Waals surface area contributed by atoms with Gasteiger partial charge in [0.15, 0.2) is 14.7 Å². The first-order valence-electron chi connectivity index (χ1n) is 6.68. The molecule has 0 saturated heterocycles. The van der Waals surface area contributed by atoms with Crippen molar-refractivity contribution in [2.24, 2.45) is 0 Å². The SMILES string of the molecule is Oc1ccc([S+](c2ccc(F)cc2)c2ccc(F)cc2)cc1. The molecule has 0 spiro atoms. The molecule has 4 heteroatoms. The van der Waals surface area contributed by atoms with Gasteiger partial charge in [-0.05, 0) is 72.8 Å². The van der Waals surface area contributed by atoms with Crippen molar-refractivity contribution in [2.45, 2.75) is 14.7 Å². The molecule has 3 aromatic carbocycles. The fourth-order valence-electron chi connectivity index (χ4n) is 2.13. The van der Waals surface area contributed by atoms with Crippen molar-refractivity contribution in [2.75, 3.05) is 0 Å². The summed E-state index contributed by atoms with van der Waals surface area (Å²) >= 11 is 0. The lowest BCUT2D eigenvalue weighted by Gasteiger charge is -2.08. The molecule has 0 radical (unpaired) electrons. The summed E-state index contributed by atoms with van der Waals surface area (Å²) in [5, 5.41) is 9.46. The van der Waals surface area contributed by atoms with Crippen LogP contribution in [0.2, 0.25) is 0 Å². The zero-order chi connectivity index (χ0) is 15.5. The van der Waals surface area contributed by atoms with Crippen LogP contribution in [0.1, 0.15) is 0 Å². The van der Waals surface area contributed by atoms with Gasteiger partial charge in [-0.25, -0.2) is 8.78 Å². The molecule has 110 valence electrons. The van der Waals surface area contributed by atoms with E-state index in [1.165, 1.54) is 24.3 Å². The second-order valence-electron chi connectivity index (χ2n) is 4.71. The number of hydrogen-bond acceptors (Lipinski definition) is 1. The first-order chi connectivity index (χ1) is 10.6. The Hall–Kier alpha value is -2.33. The lowest BCUT2D eigenvalue weighted by Crippen LogP contribution is -2.04. The molecule has 0 bridgehead atoms. The predicted octanol–water partition coefficient (Wildman–Crippen LogP) is 4.77. The maximum atomic E-state index is 13.2. The van der Waals surface area contributed by atoms with E-state index in [-0.39, 0.29) is 17.4 Å². The molecule has 0 atom stereocenters. The summed E-state index contributed by atoms with van der Waals surface area (Å²) in [6.07, 6.45) is 0. The quantitative estimate of drug-likeness (QED) is 0.691. The van der Waals surface area contributed by atoms with Crippen LogP contribution in [-0.4, -0.2) is 5.11 Å². The van der Waals surface area contributed by atoms with E-state index < -0.39 is 10.9 Å². The number of rotatable bonds is 3. The standard InChI is InChI=1S/C18H12F2OS/c19-13-1-7-16(8-2-13)22(17-9-3-14(20)4-10-17)18-11-5-15(21)6-12-18/h1-12H/p+1. The van der Waals surface area contributed by atoms with Crippen LogP contribution >= 0.6 is 0 Å². The molecule has 22 heavy (non-hydrogen) atoms. The van der Waals surface area contributed by atoms with Crippen LogP contribution < -0.4 is 0 Å². The molecule has 0 fully saturated rings. The van der Waals surface area contributed by atoms with E-state index in [1.807, 2.05) is 12.1 Å². The van der Waals surface area contributed by atoms with Gasteiger partial charge in [-0.3, -0.25) is 0 Å². The Morgan fingerprint density at radius 3 is 1.23 bits per heavy atom. The molecule has 0 aliphatic rings. The molecule has 0 heterocycles. The Kier molecular flexibility index (Phi) is 4.11. The van der Waals surface area contributed by atoms with Gasteiger partial charge in [0.25, 0.3) is 0 Å². The molecule has 0 aromatic heterocycles. The molecule has 0 aliphatic carbocycles. The maximum absolute atomic E-state index is 13.2. The second kappa shape index (κ2) is 6.20. The van der Waals surface area contributed by atoms with Crippen LogP contribution in [0.3, 0.4) is 0 Å². The predicted molar refractivity (Wildman–Crippen MR) is 83.1 cm³/mol. The van der Waals surface area contributed by atoms with E-state index in [9.17, 15) is 13.9 Å². The van der Waals surface area contributed by atoms with Crippen molar-refractivity contribution in [1.29, 1.82) is 0 Å². The minimum Gasteiger partial charge on any atom is -0.508 e. The average Bonchev–Trinajstić information content (AvgIpc) is 2.53. The van der Waals surface area contributed by atoms with E-state index in [0.29, 0.717) is 0 Å². The largest absolute Gasteiger partial charge is 0.508 e. The van der Waals surface area contributed by atoms with Gasteiger partial charge in [-0.2, -0.15) is 0 Å². The smallest absolute Gasteiger partial charge is 0.166 e. The maximum Gasteiger partial charge on any atom is 0.166 e. The Morgan fingerprint density at radius 2 is 0.864 bits per heavy atom. The van der Waals surface area contributed by atoms with E-state index in [4.69, 9.17) is 0 Å². The first kappa shape index (κ1) is 14.6. The van der Waals surface area contributed by atoms with Gasteiger partial charge in [0, 0.05) is 0 Å². The van der Waals surface area contributed by atoms with Crippen molar-refractivity contribution < 1.29 is 13.9 Å². The molecule has 0 amide bonds. The molecular formula is C18H13F2OS+. The Morgan fingerprint density at radius 1 is 0.545 bits per heavy atom. The molecular weight excluding hydrogens is 302 g/mol. The van der Waals surface area contributed by atoms with Gasteiger partial charge in [0.2, 0.25) is 0 Å². The number of halogens is 2. The van der Waals surface area contributed by atoms with Gasteiger partial charge in [-0.15, -0.1) is 0 Å². The third-order valence-electron chi connectivity index (χ3n) is 3.17. The highest BCUT2D eigenvalue weighted by atomic mass is 32.2. The summed E-state index contributed by atoms with van der Waals surface area (Å²) in [5.41, 5.74) is 0. The minimum atomic E-state index is -0.484. The van der Waals surface area contributed by atoms with E-state index >= 15 is 0 Å². The fourth-order valence-corrected chi connectivity index (χ4v) is 4.17. The van der Waals surface area contributed by atoms with E-state index in [2.05, 4.69) is 0 Å². The zero-order valence-electron chi connectivity index (χ0n) is 11.5. The number of benzene rings is 3. The molecule has 0 saturated carbocycles. The lowest BCUT2D eigenvalue weighted by atomic mass is 10.3. The van der Waals surface area contributed by atoms with Gasteiger partial charge < -0.3 is 5.11 Å². The van der Waals surface area contributed by atoms with Gasteiger partial charge in [0.05, 0.1) is 10.9 Å². The highest BCUT2D eigenvalue weighted by molar-refractivity contribution is 7.97. The normalized spacial score (nSPS) is 10.9. The molecule has 3 rings (SSSR count). The average molecular weight is 315 g/mol. The van der Waals surface area contributed by atoms with Crippen LogP contribution in [0.5, 0.6) is 5.75 Å². The Balaban J connectivity index is 2.10. The van der Waals surface area contributed by atoms with E-state index in [1.54, 1.807) is 36.4 Å². The lowest BCUT2D eigenvalue weighted by molar-refractivity contribution is 0.475. The summed E-state index contributed by atoms with van der Waals surface area (Å²) in [7, 11) is -0.484. The van der Waals surface area contributed by atoms with Crippen LogP contribution in [0.15, 0.2) is 87.5 Å². The highest BCUT2D eigenvalue weighted by Gasteiger charge is 2.28. The van der Waals surface area contributed by atoms with Crippen molar-refractivity contribution in [3.63, 3.8) is 0 Å². The third kappa shape index (κ3) is 3.12. The van der Waals surface area contributed by atoms with Crippen molar-refractivity contribution in [3.05, 3.63) is 84.4 Å². The zero-order valence-corrected chi connectivity index (χ0v) is 12.4. The summed E-state index contributed by atoms with van der Waals surface area (Å²) in [6.45, 7) is 0. The number of hydrogen-bond donors (Lipinski definition) is 1. The molecule has 1 nitrogen and oxygen atoms in total. The van der Waals surface area contributed by atoms with Crippen LogP contribution in [-0.2, 0) is 10.9 Å². The van der Waals surface area contributed by atoms with Crippen LogP contribution in [0, 0.1) is 11.6 Å². The summed E-state index contributed by atoms with van der Waals surface area (Å²) in [5.74, 6) is -0.403. The van der Waals surface area contributed by atoms with Crippen molar-refractivity contribution in [3.8, 4) is 5.75 Å². The van der Waals surface area contributed by atoms with Gasteiger partial charge in [-0.1, -0.05) is 0 Å². The van der Waals surface area contributed by atoms with Crippen LogP contribution in [0.4, 0.5) is 8.78 Å². The minimum absolute atomic E-state index is 0.186. The summed E-state index contributed by atoms with van der Waals surface area (Å²) < 4.78 is 26.4. The molecule has 0 unspecified atom stereocenters. The number of phenolic OH excluding ortho intramolecular Hbond substituents is 1. The van der Waals surface area contributed by atoms with E-state index in [0.717, 1.165) is 14.7 Å². The Labute approximate surface area is 130 Å². The number of aromatic hydroxyl groups is 1. The molecule has 1 N–H and O–H groups in total. The first-order valence-corrected chi connectivity index (χ1v) is 7.90. The Bertz CT molecular complexity index is 644. The summed E-state index contributed by atoms with van der Waals surface area (Å²) in [6, 6.07) is 19.5. The highest BCUT2D eigenvalue weighted by Crippen LogP contribution is 2.32. The van der Waals surface area contributed by atoms with Gasteiger partial charge >= 0.3 is 0 Å². The topological polar surface area (TPSA) is 20.2 Å². The van der Waals surface area contributed by atoms with Crippen LogP contribution in [0.25, 0.3) is 0 Å². The molecule has 3 aromatic rings. The van der Waals surface area contributed by atoms with Crippen molar-refractivity contribution >= 4 is 10.9 Å². The fraction of sp³-hybridized carbons (Fsp3) is 0. The van der Waals surface area contributed by atoms with Crippen molar-refractivity contribution in [1.82, 2.24) is 0 Å². The monoisotopic (exact) mass is 315 g/mol. The summed E-state index contributed by atoms with van der Waals surface area (Å²) in [4.78, 5) is 2.83. The number of phenols is 1. The molecule has 0 aliphatic heterocycles. The second-order valence-corrected chi connectivity index (χ2v) is 6.73. The van der Waals surface area contributed by atoms with Gasteiger partial charge in [0.1, 0.15) is 17.4 Å².